The zero-order chi connectivity index (χ0) is 15.1. The van der Waals surface area contributed by atoms with Gasteiger partial charge in [0.1, 0.15) is 0 Å². The lowest BCUT2D eigenvalue weighted by Gasteiger charge is -2.20. The predicted molar refractivity (Wildman–Crippen MR) is 83.8 cm³/mol. The highest BCUT2D eigenvalue weighted by atomic mass is 35.5. The summed E-state index contributed by atoms with van der Waals surface area (Å²) in [6, 6.07) is 5.29. The minimum absolute atomic E-state index is 0.106. The van der Waals surface area contributed by atoms with Crippen molar-refractivity contribution in [3.8, 4) is 11.8 Å². The normalized spacial score (nSPS) is 11.7. The molecule has 0 aliphatic heterocycles. The van der Waals surface area contributed by atoms with Gasteiger partial charge in [0.15, 0.2) is 0 Å². The molecule has 1 aromatic carbocycles. The third-order valence-corrected chi connectivity index (χ3v) is 3.43. The van der Waals surface area contributed by atoms with Crippen molar-refractivity contribution in [3.05, 3.63) is 34.3 Å². The van der Waals surface area contributed by atoms with E-state index in [0.29, 0.717) is 22.1 Å². The molecule has 20 heavy (non-hydrogen) atoms. The Bertz CT molecular complexity index is 529. The molecule has 0 aliphatic rings. The Morgan fingerprint density at radius 3 is 2.65 bits per heavy atom. The first-order valence-electron chi connectivity index (χ1n) is 6.79. The Morgan fingerprint density at radius 1 is 1.45 bits per heavy atom. The molecule has 1 aromatic rings. The Morgan fingerprint density at radius 2 is 2.15 bits per heavy atom. The Balaban J connectivity index is 2.87. The fourth-order valence-electron chi connectivity index (χ4n) is 1.90. The molecule has 0 aromatic heterocycles. The van der Waals surface area contributed by atoms with Crippen molar-refractivity contribution in [2.24, 2.45) is 11.7 Å². The van der Waals surface area contributed by atoms with Gasteiger partial charge < -0.3 is 11.1 Å². The summed E-state index contributed by atoms with van der Waals surface area (Å²) in [4.78, 5) is 12.2. The first-order valence-corrected chi connectivity index (χ1v) is 7.16. The number of carbonyl (C=O) groups excluding carboxylic acids is 1. The van der Waals surface area contributed by atoms with Crippen molar-refractivity contribution in [3.63, 3.8) is 0 Å². The number of halogens is 1. The molecule has 0 radical (unpaired) electrons. The average Bonchev–Trinajstić information content (AvgIpc) is 2.42. The molecular weight excluding hydrogens is 272 g/mol. The fraction of sp³-hybridized carbons (Fsp3) is 0.438. The van der Waals surface area contributed by atoms with E-state index in [1.165, 1.54) is 0 Å². The Kier molecular flexibility index (Phi) is 6.57. The van der Waals surface area contributed by atoms with E-state index in [2.05, 4.69) is 37.9 Å². The van der Waals surface area contributed by atoms with Crippen LogP contribution in [0.5, 0.6) is 0 Å². The van der Waals surface area contributed by atoms with Gasteiger partial charge in [-0.25, -0.2) is 0 Å². The van der Waals surface area contributed by atoms with Crippen molar-refractivity contribution in [1.29, 1.82) is 0 Å². The number of rotatable bonds is 4. The maximum absolute atomic E-state index is 12.2. The van der Waals surface area contributed by atoms with E-state index in [9.17, 15) is 4.79 Å². The number of nitrogens with one attached hydrogen (secondary N) is 1. The van der Waals surface area contributed by atoms with E-state index < -0.39 is 0 Å². The lowest BCUT2D eigenvalue weighted by Crippen LogP contribution is -2.38. The van der Waals surface area contributed by atoms with Crippen molar-refractivity contribution >= 4 is 17.5 Å². The van der Waals surface area contributed by atoms with Crippen LogP contribution in [-0.4, -0.2) is 18.5 Å². The molecule has 1 atom stereocenters. The molecule has 4 heteroatoms. The second-order valence-electron chi connectivity index (χ2n) is 4.93. The van der Waals surface area contributed by atoms with Gasteiger partial charge in [0.25, 0.3) is 5.91 Å². The Hall–Kier alpha value is -1.50. The SMILES string of the molecule is CCC(NC(=O)c1ccc(C#CCN)c(Cl)c1)C(C)C. The zero-order valence-corrected chi connectivity index (χ0v) is 12.9. The first kappa shape index (κ1) is 16.6. The number of carbonyl (C=O) groups is 1. The first-order chi connectivity index (χ1) is 9.49. The third-order valence-electron chi connectivity index (χ3n) is 3.12. The summed E-state index contributed by atoms with van der Waals surface area (Å²) in [5.74, 6) is 5.90. The van der Waals surface area contributed by atoms with E-state index in [-0.39, 0.29) is 18.5 Å². The maximum Gasteiger partial charge on any atom is 0.251 e. The highest BCUT2D eigenvalue weighted by Crippen LogP contribution is 2.17. The van der Waals surface area contributed by atoms with Crippen LogP contribution in [0.4, 0.5) is 0 Å². The van der Waals surface area contributed by atoms with Gasteiger partial charge in [0.2, 0.25) is 0 Å². The molecule has 0 heterocycles. The minimum Gasteiger partial charge on any atom is -0.349 e. The van der Waals surface area contributed by atoms with Crippen LogP contribution in [0, 0.1) is 17.8 Å². The van der Waals surface area contributed by atoms with Gasteiger partial charge >= 0.3 is 0 Å². The van der Waals surface area contributed by atoms with Crippen molar-refractivity contribution in [2.45, 2.75) is 33.2 Å². The standard InChI is InChI=1S/C16H21ClN2O/c1-4-15(11(2)3)19-16(20)13-8-7-12(6-5-9-18)14(17)10-13/h7-8,10-11,15H,4,9,18H2,1-3H3,(H,19,20). The molecule has 0 bridgehead atoms. The molecule has 0 aliphatic carbocycles. The fourth-order valence-corrected chi connectivity index (χ4v) is 2.12. The van der Waals surface area contributed by atoms with Gasteiger partial charge in [0, 0.05) is 17.2 Å². The van der Waals surface area contributed by atoms with Gasteiger partial charge in [-0.05, 0) is 30.5 Å². The van der Waals surface area contributed by atoms with Crippen LogP contribution < -0.4 is 11.1 Å². The van der Waals surface area contributed by atoms with Crippen molar-refractivity contribution < 1.29 is 4.79 Å². The molecule has 108 valence electrons. The molecule has 0 saturated heterocycles. The van der Waals surface area contributed by atoms with Crippen LogP contribution in [0.3, 0.4) is 0 Å². The monoisotopic (exact) mass is 292 g/mol. The second kappa shape index (κ2) is 7.94. The number of nitrogens with two attached hydrogens (primary N) is 1. The number of hydrogen-bond acceptors (Lipinski definition) is 2. The Labute approximate surface area is 125 Å². The van der Waals surface area contributed by atoms with Crippen LogP contribution >= 0.6 is 11.6 Å². The summed E-state index contributed by atoms with van der Waals surface area (Å²) < 4.78 is 0. The summed E-state index contributed by atoms with van der Waals surface area (Å²) in [6.45, 7) is 6.52. The number of benzene rings is 1. The quantitative estimate of drug-likeness (QED) is 0.839. The number of hydrogen-bond donors (Lipinski definition) is 2. The third kappa shape index (κ3) is 4.56. The van der Waals surface area contributed by atoms with Crippen LogP contribution in [0.25, 0.3) is 0 Å². The molecule has 1 unspecified atom stereocenters. The number of amides is 1. The van der Waals surface area contributed by atoms with Crippen LogP contribution in [0.1, 0.15) is 43.1 Å². The van der Waals surface area contributed by atoms with E-state index in [4.69, 9.17) is 17.3 Å². The molecule has 3 N–H and O–H groups in total. The summed E-state index contributed by atoms with van der Waals surface area (Å²) in [5, 5.41) is 3.49. The maximum atomic E-state index is 12.2. The van der Waals surface area contributed by atoms with E-state index in [0.717, 1.165) is 6.42 Å². The van der Waals surface area contributed by atoms with E-state index in [1.807, 2.05) is 0 Å². The molecule has 0 saturated carbocycles. The van der Waals surface area contributed by atoms with Crippen molar-refractivity contribution in [1.82, 2.24) is 5.32 Å². The highest BCUT2D eigenvalue weighted by Gasteiger charge is 2.15. The summed E-state index contributed by atoms with van der Waals surface area (Å²) in [5.41, 5.74) is 6.56. The van der Waals surface area contributed by atoms with E-state index >= 15 is 0 Å². The summed E-state index contributed by atoms with van der Waals surface area (Å²) in [7, 11) is 0. The van der Waals surface area contributed by atoms with Gasteiger partial charge in [-0.3, -0.25) is 4.79 Å². The van der Waals surface area contributed by atoms with Crippen LogP contribution in [0.15, 0.2) is 18.2 Å². The van der Waals surface area contributed by atoms with E-state index in [1.54, 1.807) is 18.2 Å². The van der Waals surface area contributed by atoms with Gasteiger partial charge in [-0.1, -0.05) is 44.2 Å². The molecular formula is C16H21ClN2O. The van der Waals surface area contributed by atoms with Gasteiger partial charge in [-0.2, -0.15) is 0 Å². The molecule has 0 spiro atoms. The predicted octanol–water partition coefficient (Wildman–Crippen LogP) is 2.81. The minimum atomic E-state index is -0.106. The lowest BCUT2D eigenvalue weighted by atomic mass is 10.0. The van der Waals surface area contributed by atoms with Gasteiger partial charge in [-0.15, -0.1) is 0 Å². The van der Waals surface area contributed by atoms with Crippen molar-refractivity contribution in [2.75, 3.05) is 6.54 Å². The largest absolute Gasteiger partial charge is 0.349 e. The molecule has 1 amide bonds. The van der Waals surface area contributed by atoms with Crippen LogP contribution in [-0.2, 0) is 0 Å². The lowest BCUT2D eigenvalue weighted by molar-refractivity contribution is 0.0924. The molecule has 3 nitrogen and oxygen atoms in total. The highest BCUT2D eigenvalue weighted by molar-refractivity contribution is 6.32. The zero-order valence-electron chi connectivity index (χ0n) is 12.2. The molecule has 1 rings (SSSR count). The topological polar surface area (TPSA) is 55.1 Å². The van der Waals surface area contributed by atoms with Gasteiger partial charge in [0.05, 0.1) is 11.6 Å². The summed E-state index contributed by atoms with van der Waals surface area (Å²) in [6.07, 6.45) is 0.900. The smallest absolute Gasteiger partial charge is 0.251 e. The summed E-state index contributed by atoms with van der Waals surface area (Å²) >= 11 is 6.12. The average molecular weight is 293 g/mol. The van der Waals surface area contributed by atoms with Crippen LogP contribution in [0.2, 0.25) is 5.02 Å². The molecule has 0 fully saturated rings. The second-order valence-corrected chi connectivity index (χ2v) is 5.34.